The number of hydrogen-bond donors (Lipinski definition) is 3. The SMILES string of the molecule is Cc1ccc(S(=O)(=O)Nc2cccc3c2O[C@@H](CN(C)Cc2ccc(C(=O)O)cc2)[C@@H](C)CN([C@H](C)CO)C3=O)cc1. The van der Waals surface area contributed by atoms with Gasteiger partial charge in [-0.2, -0.15) is 0 Å². The molecule has 0 aliphatic carbocycles. The number of nitrogens with zero attached hydrogens (tertiary/aromatic N) is 2. The fourth-order valence-corrected chi connectivity index (χ4v) is 5.96. The summed E-state index contributed by atoms with van der Waals surface area (Å²) in [4.78, 5) is 28.6. The lowest BCUT2D eigenvalue weighted by Crippen LogP contribution is -2.49. The highest BCUT2D eigenvalue weighted by Gasteiger charge is 2.35. The number of aromatic carboxylic acids is 1. The fraction of sp³-hybridized carbons (Fsp3) is 0.355. The van der Waals surface area contributed by atoms with E-state index in [2.05, 4.69) is 4.72 Å². The summed E-state index contributed by atoms with van der Waals surface area (Å²) in [6.45, 7) is 6.61. The number of hydrogen-bond acceptors (Lipinski definition) is 7. The molecule has 0 saturated carbocycles. The van der Waals surface area contributed by atoms with Crippen LogP contribution in [-0.4, -0.2) is 79.2 Å². The minimum atomic E-state index is -3.99. The van der Waals surface area contributed by atoms with E-state index in [-0.39, 0.29) is 45.9 Å². The van der Waals surface area contributed by atoms with E-state index < -0.39 is 28.1 Å². The molecule has 1 aliphatic heterocycles. The molecule has 0 aromatic heterocycles. The molecule has 0 unspecified atom stereocenters. The topological polar surface area (TPSA) is 136 Å². The number of carboxylic acid groups (broad SMARTS) is 1. The number of sulfonamides is 1. The predicted octanol–water partition coefficient (Wildman–Crippen LogP) is 3.85. The van der Waals surface area contributed by atoms with Gasteiger partial charge in [-0.05, 0) is 62.9 Å². The van der Waals surface area contributed by atoms with Gasteiger partial charge in [0.15, 0.2) is 5.75 Å². The van der Waals surface area contributed by atoms with Crippen LogP contribution in [0.1, 0.15) is 45.7 Å². The first-order valence-electron chi connectivity index (χ1n) is 13.7. The van der Waals surface area contributed by atoms with Gasteiger partial charge in [0, 0.05) is 25.6 Å². The van der Waals surface area contributed by atoms with Crippen molar-refractivity contribution in [3.63, 3.8) is 0 Å². The molecule has 3 aromatic rings. The molecule has 0 saturated heterocycles. The maximum atomic E-state index is 13.7. The smallest absolute Gasteiger partial charge is 0.335 e. The van der Waals surface area contributed by atoms with Crippen LogP contribution in [0.25, 0.3) is 0 Å². The summed E-state index contributed by atoms with van der Waals surface area (Å²) in [5.74, 6) is -1.41. The van der Waals surface area contributed by atoms with Crippen molar-refractivity contribution in [3.8, 4) is 5.75 Å². The van der Waals surface area contributed by atoms with Crippen LogP contribution in [0.3, 0.4) is 0 Å². The first kappa shape index (κ1) is 31.0. The molecule has 3 aromatic carbocycles. The summed E-state index contributed by atoms with van der Waals surface area (Å²) in [6.07, 6.45) is -0.460. The van der Waals surface area contributed by atoms with Crippen LogP contribution in [0.4, 0.5) is 5.69 Å². The van der Waals surface area contributed by atoms with Crippen molar-refractivity contribution in [3.05, 3.63) is 89.0 Å². The first-order chi connectivity index (χ1) is 19.9. The molecule has 4 rings (SSSR count). The van der Waals surface area contributed by atoms with Crippen LogP contribution in [0.15, 0.2) is 71.6 Å². The minimum absolute atomic E-state index is 0.0805. The Balaban J connectivity index is 1.67. The van der Waals surface area contributed by atoms with E-state index in [0.29, 0.717) is 19.6 Å². The number of para-hydroxylation sites is 1. The minimum Gasteiger partial charge on any atom is -0.486 e. The van der Waals surface area contributed by atoms with Gasteiger partial charge in [-0.25, -0.2) is 13.2 Å². The number of benzene rings is 3. The summed E-state index contributed by atoms with van der Waals surface area (Å²) < 4.78 is 35.7. The molecule has 3 atom stereocenters. The van der Waals surface area contributed by atoms with E-state index >= 15 is 0 Å². The predicted molar refractivity (Wildman–Crippen MR) is 159 cm³/mol. The van der Waals surface area contributed by atoms with Gasteiger partial charge in [0.1, 0.15) is 6.10 Å². The molecule has 0 spiro atoms. The maximum Gasteiger partial charge on any atom is 0.335 e. The molecule has 0 radical (unpaired) electrons. The fourth-order valence-electron chi connectivity index (χ4n) is 4.90. The van der Waals surface area contributed by atoms with Gasteiger partial charge in [0.25, 0.3) is 15.9 Å². The average molecular weight is 596 g/mol. The molecule has 11 heteroatoms. The number of anilines is 1. The second-order valence-corrected chi connectivity index (χ2v) is 12.6. The third-order valence-electron chi connectivity index (χ3n) is 7.41. The van der Waals surface area contributed by atoms with Crippen LogP contribution in [-0.2, 0) is 16.6 Å². The molecule has 10 nitrogen and oxygen atoms in total. The van der Waals surface area contributed by atoms with E-state index in [4.69, 9.17) is 4.74 Å². The van der Waals surface area contributed by atoms with Crippen molar-refractivity contribution in [2.24, 2.45) is 5.92 Å². The second kappa shape index (κ2) is 12.9. The van der Waals surface area contributed by atoms with Gasteiger partial charge in [0.2, 0.25) is 0 Å². The Hall–Kier alpha value is -3.93. The highest BCUT2D eigenvalue weighted by Crippen LogP contribution is 2.36. The molecule has 0 bridgehead atoms. The second-order valence-electron chi connectivity index (χ2n) is 10.9. The number of ether oxygens (including phenoxy) is 1. The quantitative estimate of drug-likeness (QED) is 0.322. The van der Waals surface area contributed by atoms with Gasteiger partial charge in [0.05, 0.1) is 34.4 Å². The lowest BCUT2D eigenvalue weighted by Gasteiger charge is -2.38. The van der Waals surface area contributed by atoms with Crippen LogP contribution < -0.4 is 9.46 Å². The van der Waals surface area contributed by atoms with Crippen LogP contribution in [0.5, 0.6) is 5.75 Å². The molecule has 224 valence electrons. The van der Waals surface area contributed by atoms with E-state index in [1.807, 2.05) is 25.8 Å². The van der Waals surface area contributed by atoms with E-state index in [0.717, 1.165) is 11.1 Å². The number of aliphatic hydroxyl groups is 1. The van der Waals surface area contributed by atoms with Crippen molar-refractivity contribution in [2.75, 3.05) is 31.5 Å². The van der Waals surface area contributed by atoms with Gasteiger partial charge in [-0.3, -0.25) is 14.4 Å². The van der Waals surface area contributed by atoms with Gasteiger partial charge in [-0.1, -0.05) is 42.8 Å². The van der Waals surface area contributed by atoms with Crippen LogP contribution in [0, 0.1) is 12.8 Å². The summed E-state index contributed by atoms with van der Waals surface area (Å²) in [5.41, 5.74) is 2.38. The third-order valence-corrected chi connectivity index (χ3v) is 8.79. The Kier molecular flexibility index (Phi) is 9.55. The number of aliphatic hydroxyl groups excluding tert-OH is 1. The van der Waals surface area contributed by atoms with Crippen LogP contribution in [0.2, 0.25) is 0 Å². The molecular weight excluding hydrogens is 558 g/mol. The maximum absolute atomic E-state index is 13.7. The third kappa shape index (κ3) is 7.10. The van der Waals surface area contributed by atoms with Crippen molar-refractivity contribution < 1.29 is 33.0 Å². The monoisotopic (exact) mass is 595 g/mol. The standard InChI is InChI=1S/C31H37N3O7S/c1-20-8-14-25(15-9-20)42(39,40)32-27-7-5-6-26-29(27)41-28(21(2)16-34(30(26)36)22(3)19-35)18-33(4)17-23-10-12-24(13-11-23)31(37)38/h5-15,21-22,28,32,35H,16-19H2,1-4H3,(H,37,38)/t21-,22+,28-/m0/s1. The summed E-state index contributed by atoms with van der Waals surface area (Å²) in [5, 5.41) is 19.1. The summed E-state index contributed by atoms with van der Waals surface area (Å²) in [7, 11) is -2.08. The molecule has 1 amide bonds. The van der Waals surface area contributed by atoms with Crippen molar-refractivity contribution in [1.29, 1.82) is 0 Å². The Morgan fingerprint density at radius 1 is 1.12 bits per heavy atom. The highest BCUT2D eigenvalue weighted by molar-refractivity contribution is 7.92. The van der Waals surface area contributed by atoms with Gasteiger partial charge in [-0.15, -0.1) is 0 Å². The molecular formula is C31H37N3O7S. The number of carboxylic acids is 1. The summed E-state index contributed by atoms with van der Waals surface area (Å²) in [6, 6.07) is 17.4. The number of nitrogens with one attached hydrogen (secondary N) is 1. The normalized spacial score (nSPS) is 18.0. The zero-order valence-corrected chi connectivity index (χ0v) is 25.0. The van der Waals surface area contributed by atoms with Crippen molar-refractivity contribution in [1.82, 2.24) is 9.80 Å². The molecule has 42 heavy (non-hydrogen) atoms. The van der Waals surface area contributed by atoms with Crippen molar-refractivity contribution >= 4 is 27.6 Å². The number of rotatable bonds is 10. The van der Waals surface area contributed by atoms with Crippen LogP contribution >= 0.6 is 0 Å². The molecule has 3 N–H and O–H groups in total. The average Bonchev–Trinajstić information content (AvgIpc) is 2.95. The summed E-state index contributed by atoms with van der Waals surface area (Å²) >= 11 is 0. The number of aryl methyl sites for hydroxylation is 1. The number of fused-ring (bicyclic) bond motifs is 1. The van der Waals surface area contributed by atoms with E-state index in [1.54, 1.807) is 66.4 Å². The Labute approximate surface area is 246 Å². The van der Waals surface area contributed by atoms with E-state index in [9.17, 15) is 28.2 Å². The van der Waals surface area contributed by atoms with Gasteiger partial charge >= 0.3 is 5.97 Å². The molecule has 1 aliphatic rings. The Bertz CT molecular complexity index is 1530. The zero-order valence-electron chi connectivity index (χ0n) is 24.1. The number of carbonyl (C=O) groups excluding carboxylic acids is 1. The van der Waals surface area contributed by atoms with Gasteiger partial charge < -0.3 is 19.8 Å². The number of likely N-dealkylation sites (N-methyl/N-ethyl adjacent to an activating group) is 1. The number of carbonyl (C=O) groups is 2. The molecule has 0 fully saturated rings. The van der Waals surface area contributed by atoms with E-state index in [1.165, 1.54) is 12.1 Å². The Morgan fingerprint density at radius 2 is 1.79 bits per heavy atom. The number of amides is 1. The zero-order chi connectivity index (χ0) is 30.6. The Morgan fingerprint density at radius 3 is 2.40 bits per heavy atom. The lowest BCUT2D eigenvalue weighted by atomic mass is 9.99. The highest BCUT2D eigenvalue weighted by atomic mass is 32.2. The van der Waals surface area contributed by atoms with Crippen molar-refractivity contribution in [2.45, 2.75) is 44.4 Å². The first-order valence-corrected chi connectivity index (χ1v) is 15.2. The molecule has 1 heterocycles. The lowest BCUT2D eigenvalue weighted by molar-refractivity contribution is 0.0343. The largest absolute Gasteiger partial charge is 0.486 e.